The molecule has 0 amide bonds. The largest absolute Gasteiger partial charge is 0.465 e. The Morgan fingerprint density at radius 2 is 2.24 bits per heavy atom. The Hall–Kier alpha value is -1.22. The van der Waals surface area contributed by atoms with Gasteiger partial charge >= 0.3 is 5.97 Å². The van der Waals surface area contributed by atoms with Crippen molar-refractivity contribution in [1.82, 2.24) is 0 Å². The number of carbonyl (C=O) groups excluding carboxylic acids is 1. The number of nitrogens with one attached hydrogen (secondary N) is 1. The Kier molecular flexibility index (Phi) is 5.29. The van der Waals surface area contributed by atoms with Gasteiger partial charge in [0.2, 0.25) is 0 Å². The quantitative estimate of drug-likeness (QED) is 0.815. The van der Waals surface area contributed by atoms with Gasteiger partial charge in [0.1, 0.15) is 0 Å². The van der Waals surface area contributed by atoms with Gasteiger partial charge in [-0.3, -0.25) is 0 Å². The summed E-state index contributed by atoms with van der Waals surface area (Å²) in [4.78, 5) is 11.4. The fourth-order valence-corrected chi connectivity index (χ4v) is 1.82. The molecular weight excluding hydrogens is 238 g/mol. The monoisotopic (exact) mass is 255 g/mol. The molecule has 0 saturated heterocycles. The van der Waals surface area contributed by atoms with Crippen molar-refractivity contribution in [3.05, 3.63) is 28.8 Å². The molecule has 1 atom stereocenters. The topological polar surface area (TPSA) is 38.3 Å². The maximum atomic E-state index is 11.4. The highest BCUT2D eigenvalue weighted by atomic mass is 35.5. The van der Waals surface area contributed by atoms with E-state index in [4.69, 9.17) is 11.6 Å². The maximum absolute atomic E-state index is 11.4. The number of methoxy groups -OCH3 is 1. The van der Waals surface area contributed by atoms with Gasteiger partial charge in [0.05, 0.1) is 23.4 Å². The van der Waals surface area contributed by atoms with Crippen LogP contribution in [0.3, 0.4) is 0 Å². The molecule has 0 aliphatic heterocycles. The van der Waals surface area contributed by atoms with Gasteiger partial charge in [-0.15, -0.1) is 0 Å². The number of halogens is 1. The van der Waals surface area contributed by atoms with E-state index in [-0.39, 0.29) is 5.97 Å². The number of benzene rings is 1. The number of esters is 1. The minimum Gasteiger partial charge on any atom is -0.465 e. The van der Waals surface area contributed by atoms with Crippen molar-refractivity contribution in [2.24, 2.45) is 0 Å². The molecule has 1 rings (SSSR count). The summed E-state index contributed by atoms with van der Waals surface area (Å²) in [7, 11) is 1.36. The average molecular weight is 256 g/mol. The minimum absolute atomic E-state index is 0.324. The standard InChI is InChI=1S/C13H18ClNO2/c1-4-5-9(2)15-12-8-10(13(16)17-3)6-7-11(12)14/h6-9,15H,4-5H2,1-3H3. The van der Waals surface area contributed by atoms with E-state index in [0.29, 0.717) is 16.6 Å². The zero-order chi connectivity index (χ0) is 12.8. The van der Waals surface area contributed by atoms with Gasteiger partial charge in [-0.25, -0.2) is 4.79 Å². The molecule has 0 aliphatic carbocycles. The molecule has 0 heterocycles. The summed E-state index contributed by atoms with van der Waals surface area (Å²) in [5.41, 5.74) is 1.28. The van der Waals surface area contributed by atoms with Crippen LogP contribution in [-0.2, 0) is 4.74 Å². The molecule has 0 saturated carbocycles. The lowest BCUT2D eigenvalue weighted by Gasteiger charge is -2.16. The zero-order valence-corrected chi connectivity index (χ0v) is 11.2. The number of hydrogen-bond donors (Lipinski definition) is 1. The van der Waals surface area contributed by atoms with Crippen LogP contribution in [-0.4, -0.2) is 19.1 Å². The molecular formula is C13H18ClNO2. The van der Waals surface area contributed by atoms with E-state index in [1.165, 1.54) is 7.11 Å². The molecule has 17 heavy (non-hydrogen) atoms. The maximum Gasteiger partial charge on any atom is 0.337 e. The number of carbonyl (C=O) groups is 1. The SMILES string of the molecule is CCCC(C)Nc1cc(C(=O)OC)ccc1Cl. The van der Waals surface area contributed by atoms with E-state index in [1.807, 2.05) is 0 Å². The van der Waals surface area contributed by atoms with Crippen LogP contribution in [0.2, 0.25) is 5.02 Å². The number of hydrogen-bond acceptors (Lipinski definition) is 3. The molecule has 0 spiro atoms. The first-order valence-electron chi connectivity index (χ1n) is 5.72. The summed E-state index contributed by atoms with van der Waals surface area (Å²) >= 11 is 6.07. The highest BCUT2D eigenvalue weighted by Crippen LogP contribution is 2.24. The summed E-state index contributed by atoms with van der Waals surface area (Å²) in [6.07, 6.45) is 2.15. The van der Waals surface area contributed by atoms with Gasteiger partial charge in [-0.2, -0.15) is 0 Å². The highest BCUT2D eigenvalue weighted by Gasteiger charge is 2.10. The lowest BCUT2D eigenvalue weighted by atomic mass is 10.1. The van der Waals surface area contributed by atoms with Crippen molar-refractivity contribution in [1.29, 1.82) is 0 Å². The first kappa shape index (κ1) is 13.8. The summed E-state index contributed by atoms with van der Waals surface area (Å²) in [6.45, 7) is 4.22. The second-order valence-electron chi connectivity index (χ2n) is 4.02. The van der Waals surface area contributed by atoms with Gasteiger partial charge in [0.15, 0.2) is 0 Å². The van der Waals surface area contributed by atoms with Crippen LogP contribution in [0.4, 0.5) is 5.69 Å². The van der Waals surface area contributed by atoms with E-state index in [9.17, 15) is 4.79 Å². The molecule has 0 bridgehead atoms. The summed E-state index contributed by atoms with van der Waals surface area (Å²) in [5, 5.41) is 3.90. The highest BCUT2D eigenvalue weighted by molar-refractivity contribution is 6.33. The van der Waals surface area contributed by atoms with Gasteiger partial charge in [0, 0.05) is 6.04 Å². The van der Waals surface area contributed by atoms with Crippen molar-refractivity contribution in [2.75, 3.05) is 12.4 Å². The molecule has 1 N–H and O–H groups in total. The molecule has 1 unspecified atom stereocenters. The van der Waals surface area contributed by atoms with Crippen LogP contribution in [0.5, 0.6) is 0 Å². The minimum atomic E-state index is -0.354. The summed E-state index contributed by atoms with van der Waals surface area (Å²) in [6, 6.07) is 5.41. The molecule has 4 heteroatoms. The predicted octanol–water partition coefficient (Wildman–Crippen LogP) is 3.73. The zero-order valence-electron chi connectivity index (χ0n) is 10.4. The van der Waals surface area contributed by atoms with Crippen LogP contribution < -0.4 is 5.32 Å². The van der Waals surface area contributed by atoms with Gasteiger partial charge in [-0.1, -0.05) is 24.9 Å². The lowest BCUT2D eigenvalue weighted by Crippen LogP contribution is -2.15. The second kappa shape index (κ2) is 6.50. The van der Waals surface area contributed by atoms with Crippen molar-refractivity contribution in [3.63, 3.8) is 0 Å². The summed E-state index contributed by atoms with van der Waals surface area (Å²) < 4.78 is 4.67. The first-order valence-corrected chi connectivity index (χ1v) is 6.10. The third-order valence-electron chi connectivity index (χ3n) is 2.51. The molecule has 0 fully saturated rings. The van der Waals surface area contributed by atoms with Crippen LogP contribution in [0.1, 0.15) is 37.0 Å². The molecule has 1 aromatic carbocycles. The van der Waals surface area contributed by atoms with E-state index in [0.717, 1.165) is 18.5 Å². The third kappa shape index (κ3) is 3.93. The molecule has 3 nitrogen and oxygen atoms in total. The number of ether oxygens (including phenoxy) is 1. The Bertz CT molecular complexity index is 393. The predicted molar refractivity (Wildman–Crippen MR) is 70.8 cm³/mol. The second-order valence-corrected chi connectivity index (χ2v) is 4.43. The molecule has 94 valence electrons. The normalized spacial score (nSPS) is 12.0. The molecule has 0 aromatic heterocycles. The Balaban J connectivity index is 2.86. The van der Waals surface area contributed by atoms with E-state index < -0.39 is 0 Å². The molecule has 0 radical (unpaired) electrons. The number of rotatable bonds is 5. The fraction of sp³-hybridized carbons (Fsp3) is 0.462. The third-order valence-corrected chi connectivity index (χ3v) is 2.84. The van der Waals surface area contributed by atoms with Crippen LogP contribution >= 0.6 is 11.6 Å². The van der Waals surface area contributed by atoms with E-state index in [2.05, 4.69) is 23.9 Å². The number of anilines is 1. The van der Waals surface area contributed by atoms with Crippen molar-refractivity contribution in [3.8, 4) is 0 Å². The smallest absolute Gasteiger partial charge is 0.337 e. The van der Waals surface area contributed by atoms with Crippen molar-refractivity contribution in [2.45, 2.75) is 32.7 Å². The van der Waals surface area contributed by atoms with Gasteiger partial charge in [-0.05, 0) is 31.5 Å². The van der Waals surface area contributed by atoms with E-state index in [1.54, 1.807) is 18.2 Å². The van der Waals surface area contributed by atoms with Crippen LogP contribution in [0.25, 0.3) is 0 Å². The van der Waals surface area contributed by atoms with Crippen molar-refractivity contribution < 1.29 is 9.53 Å². The van der Waals surface area contributed by atoms with Crippen LogP contribution in [0.15, 0.2) is 18.2 Å². The Morgan fingerprint density at radius 3 is 2.82 bits per heavy atom. The molecule has 1 aromatic rings. The Labute approximate surface area is 107 Å². The first-order chi connectivity index (χ1) is 8.08. The average Bonchev–Trinajstić information content (AvgIpc) is 2.31. The molecule has 0 aliphatic rings. The van der Waals surface area contributed by atoms with Gasteiger partial charge < -0.3 is 10.1 Å². The van der Waals surface area contributed by atoms with E-state index >= 15 is 0 Å². The van der Waals surface area contributed by atoms with Crippen LogP contribution in [0, 0.1) is 0 Å². The lowest BCUT2D eigenvalue weighted by molar-refractivity contribution is 0.0601. The van der Waals surface area contributed by atoms with Crippen molar-refractivity contribution >= 4 is 23.3 Å². The summed E-state index contributed by atoms with van der Waals surface area (Å²) in [5.74, 6) is -0.354. The van der Waals surface area contributed by atoms with Gasteiger partial charge in [0.25, 0.3) is 0 Å². The fourth-order valence-electron chi connectivity index (χ4n) is 1.65. The Morgan fingerprint density at radius 1 is 1.53 bits per heavy atom.